The smallest absolute Gasteiger partial charge is 0.261 e. The molecule has 0 bridgehead atoms. The summed E-state index contributed by atoms with van der Waals surface area (Å²) in [7, 11) is 1.59. The van der Waals surface area contributed by atoms with Gasteiger partial charge in [0.15, 0.2) is 0 Å². The Kier molecular flexibility index (Phi) is 4.17. The van der Waals surface area contributed by atoms with Crippen molar-refractivity contribution in [3.05, 3.63) is 35.2 Å². The third kappa shape index (κ3) is 2.93. The zero-order chi connectivity index (χ0) is 14.0. The Bertz CT molecular complexity index is 559. The van der Waals surface area contributed by atoms with Crippen molar-refractivity contribution in [2.75, 3.05) is 7.11 Å². The van der Waals surface area contributed by atoms with Crippen LogP contribution in [0.4, 0.5) is 0 Å². The number of hydrogen-bond acceptors (Lipinski definition) is 5. The second kappa shape index (κ2) is 5.67. The number of methoxy groups -OCH3 is 1. The van der Waals surface area contributed by atoms with Gasteiger partial charge in [-0.15, -0.1) is 0 Å². The number of aliphatic hydroxyl groups is 1. The molecule has 0 saturated heterocycles. The normalized spacial score (nSPS) is 12.5. The van der Waals surface area contributed by atoms with Crippen LogP contribution in [0, 0.1) is 13.8 Å². The van der Waals surface area contributed by atoms with E-state index in [0.717, 1.165) is 21.9 Å². The van der Waals surface area contributed by atoms with Crippen molar-refractivity contribution in [1.29, 1.82) is 0 Å². The number of aliphatic hydroxyl groups excluding tert-OH is 1. The van der Waals surface area contributed by atoms with Crippen LogP contribution in [0.25, 0.3) is 0 Å². The largest absolute Gasteiger partial charge is 0.496 e. The minimum Gasteiger partial charge on any atom is -0.496 e. The van der Waals surface area contributed by atoms with Crippen molar-refractivity contribution in [1.82, 2.24) is 4.98 Å². The molecule has 1 aromatic carbocycles. The van der Waals surface area contributed by atoms with E-state index in [1.54, 1.807) is 14.0 Å². The first-order valence-corrected chi connectivity index (χ1v) is 6.81. The van der Waals surface area contributed by atoms with Gasteiger partial charge in [-0.3, -0.25) is 0 Å². The predicted molar refractivity (Wildman–Crippen MR) is 73.7 cm³/mol. The topological polar surface area (TPSA) is 55.5 Å². The fourth-order valence-electron chi connectivity index (χ4n) is 1.78. The molecule has 19 heavy (non-hydrogen) atoms. The average molecular weight is 279 g/mol. The molecule has 0 aliphatic rings. The number of nitrogens with zero attached hydrogens (tertiary/aromatic N) is 1. The van der Waals surface area contributed by atoms with Crippen LogP contribution in [0.5, 0.6) is 5.75 Å². The second-order valence-corrected chi connectivity index (χ2v) is 5.26. The molecule has 4 nitrogen and oxygen atoms in total. The third-order valence-corrected chi connectivity index (χ3v) is 3.80. The molecule has 0 amide bonds. The van der Waals surface area contributed by atoms with Crippen molar-refractivity contribution in [2.24, 2.45) is 0 Å². The van der Waals surface area contributed by atoms with Crippen LogP contribution < -0.4 is 4.74 Å². The Hall–Kier alpha value is -1.46. The highest BCUT2D eigenvalue weighted by atomic mass is 32.2. The van der Waals surface area contributed by atoms with E-state index in [1.807, 2.05) is 32.0 Å². The standard InChI is InChI=1S/C14H17NO3S/c1-8-10(3)18-14(15-8)19-12-7-5-6-11(17-4)13(12)9(2)16/h5-7,9,16H,1-4H3/t9-/m0/s1. The van der Waals surface area contributed by atoms with Gasteiger partial charge in [-0.1, -0.05) is 6.07 Å². The molecule has 0 aliphatic carbocycles. The quantitative estimate of drug-likeness (QED) is 0.928. The van der Waals surface area contributed by atoms with Gasteiger partial charge in [-0.25, -0.2) is 4.98 Å². The van der Waals surface area contributed by atoms with Crippen LogP contribution in [-0.4, -0.2) is 17.2 Å². The maximum Gasteiger partial charge on any atom is 0.261 e. The lowest BCUT2D eigenvalue weighted by molar-refractivity contribution is 0.191. The zero-order valence-electron chi connectivity index (χ0n) is 11.4. The van der Waals surface area contributed by atoms with Crippen LogP contribution in [0.1, 0.15) is 30.0 Å². The first-order valence-electron chi connectivity index (χ1n) is 5.99. The molecule has 0 spiro atoms. The van der Waals surface area contributed by atoms with Gasteiger partial charge in [0.2, 0.25) is 0 Å². The average Bonchev–Trinajstić information content (AvgIpc) is 2.67. The summed E-state index contributed by atoms with van der Waals surface area (Å²) in [6, 6.07) is 5.64. The number of hydrogen-bond donors (Lipinski definition) is 1. The van der Waals surface area contributed by atoms with Crippen LogP contribution in [0.15, 0.2) is 32.7 Å². The number of benzene rings is 1. The van der Waals surface area contributed by atoms with Crippen LogP contribution in [0.3, 0.4) is 0 Å². The zero-order valence-corrected chi connectivity index (χ0v) is 12.2. The third-order valence-electron chi connectivity index (χ3n) is 2.87. The summed E-state index contributed by atoms with van der Waals surface area (Å²) < 4.78 is 10.8. The molecule has 1 atom stereocenters. The first-order chi connectivity index (χ1) is 9.02. The van der Waals surface area contributed by atoms with Crippen molar-refractivity contribution >= 4 is 11.8 Å². The SMILES string of the molecule is COc1cccc(Sc2nc(C)c(C)o2)c1[C@H](C)O. The van der Waals surface area contributed by atoms with Gasteiger partial charge >= 0.3 is 0 Å². The minimum absolute atomic E-state index is 0.574. The van der Waals surface area contributed by atoms with Crippen molar-refractivity contribution in [3.8, 4) is 5.75 Å². The molecule has 0 aliphatic heterocycles. The van der Waals surface area contributed by atoms with E-state index in [1.165, 1.54) is 11.8 Å². The molecular weight excluding hydrogens is 262 g/mol. The fraction of sp³-hybridized carbons (Fsp3) is 0.357. The van der Waals surface area contributed by atoms with Gasteiger partial charge in [0.25, 0.3) is 5.22 Å². The van der Waals surface area contributed by atoms with Gasteiger partial charge in [0.05, 0.1) is 18.9 Å². The van der Waals surface area contributed by atoms with Gasteiger partial charge in [0, 0.05) is 10.5 Å². The molecule has 0 radical (unpaired) electrons. The number of oxazole rings is 1. The Morgan fingerprint density at radius 3 is 2.63 bits per heavy atom. The highest BCUT2D eigenvalue weighted by molar-refractivity contribution is 7.99. The number of aryl methyl sites for hydroxylation is 2. The summed E-state index contributed by atoms with van der Waals surface area (Å²) in [6.07, 6.45) is -0.615. The highest BCUT2D eigenvalue weighted by Crippen LogP contribution is 2.38. The lowest BCUT2D eigenvalue weighted by Crippen LogP contribution is -1.98. The summed E-state index contributed by atoms with van der Waals surface area (Å²) in [5, 5.41) is 10.5. The molecule has 1 heterocycles. The van der Waals surface area contributed by atoms with E-state index in [2.05, 4.69) is 4.98 Å². The summed E-state index contributed by atoms with van der Waals surface area (Å²) in [5.41, 5.74) is 1.63. The molecule has 0 saturated carbocycles. The minimum atomic E-state index is -0.615. The lowest BCUT2D eigenvalue weighted by atomic mass is 10.1. The van der Waals surface area contributed by atoms with Crippen molar-refractivity contribution in [2.45, 2.75) is 37.0 Å². The van der Waals surface area contributed by atoms with E-state index in [4.69, 9.17) is 9.15 Å². The van der Waals surface area contributed by atoms with Crippen LogP contribution >= 0.6 is 11.8 Å². The molecule has 2 rings (SSSR count). The fourth-order valence-corrected chi connectivity index (χ4v) is 2.85. The Balaban J connectivity index is 2.39. The van der Waals surface area contributed by atoms with Crippen LogP contribution in [0.2, 0.25) is 0 Å². The number of aromatic nitrogens is 1. The van der Waals surface area contributed by atoms with E-state index >= 15 is 0 Å². The second-order valence-electron chi connectivity index (χ2n) is 4.27. The monoisotopic (exact) mass is 279 g/mol. The summed E-state index contributed by atoms with van der Waals surface area (Å²) in [6.45, 7) is 5.51. The summed E-state index contributed by atoms with van der Waals surface area (Å²) >= 11 is 1.39. The molecule has 1 aromatic heterocycles. The van der Waals surface area contributed by atoms with Crippen LogP contribution in [-0.2, 0) is 0 Å². The van der Waals surface area contributed by atoms with Gasteiger partial charge in [-0.05, 0) is 44.7 Å². The van der Waals surface area contributed by atoms with E-state index in [0.29, 0.717) is 11.0 Å². The first kappa shape index (κ1) is 14.0. The number of ether oxygens (including phenoxy) is 1. The Labute approximate surface area is 116 Å². The molecule has 2 aromatic rings. The van der Waals surface area contributed by atoms with E-state index < -0.39 is 6.10 Å². The van der Waals surface area contributed by atoms with Crippen molar-refractivity contribution < 1.29 is 14.3 Å². The maximum atomic E-state index is 9.91. The Morgan fingerprint density at radius 2 is 2.11 bits per heavy atom. The number of rotatable bonds is 4. The Morgan fingerprint density at radius 1 is 1.37 bits per heavy atom. The van der Waals surface area contributed by atoms with Crippen molar-refractivity contribution in [3.63, 3.8) is 0 Å². The molecule has 5 heteroatoms. The summed E-state index contributed by atoms with van der Waals surface area (Å²) in [4.78, 5) is 5.22. The molecule has 0 unspecified atom stereocenters. The molecule has 102 valence electrons. The van der Waals surface area contributed by atoms with Gasteiger partial charge in [0.1, 0.15) is 11.5 Å². The highest BCUT2D eigenvalue weighted by Gasteiger charge is 2.17. The lowest BCUT2D eigenvalue weighted by Gasteiger charge is -2.14. The maximum absolute atomic E-state index is 9.91. The summed E-state index contributed by atoms with van der Waals surface area (Å²) in [5.74, 6) is 1.48. The molecule has 1 N–H and O–H groups in total. The molecular formula is C14H17NO3S. The predicted octanol–water partition coefficient (Wildman–Crippen LogP) is 3.50. The van der Waals surface area contributed by atoms with Gasteiger partial charge in [-0.2, -0.15) is 0 Å². The van der Waals surface area contributed by atoms with Gasteiger partial charge < -0.3 is 14.3 Å². The molecule has 0 fully saturated rings. The van der Waals surface area contributed by atoms with E-state index in [9.17, 15) is 5.11 Å². The van der Waals surface area contributed by atoms with E-state index in [-0.39, 0.29) is 0 Å².